The van der Waals surface area contributed by atoms with Gasteiger partial charge in [0.15, 0.2) is 0 Å². The molecule has 1 aromatic rings. The summed E-state index contributed by atoms with van der Waals surface area (Å²) in [6, 6.07) is 0. The van der Waals surface area contributed by atoms with E-state index in [9.17, 15) is 0 Å². The average molecular weight is 133 g/mol. The third-order valence-electron chi connectivity index (χ3n) is 1.72. The summed E-state index contributed by atoms with van der Waals surface area (Å²) < 4.78 is 0. The SMILES string of the molecule is [CH2]c1cnc(C2CC2)cn1. The zero-order valence-electron chi connectivity index (χ0n) is 5.75. The van der Waals surface area contributed by atoms with E-state index in [2.05, 4.69) is 16.9 Å². The number of hydrogen-bond donors (Lipinski definition) is 0. The van der Waals surface area contributed by atoms with Crippen molar-refractivity contribution in [1.82, 2.24) is 9.97 Å². The van der Waals surface area contributed by atoms with Crippen LogP contribution in [0.3, 0.4) is 0 Å². The van der Waals surface area contributed by atoms with E-state index in [1.54, 1.807) is 6.20 Å². The molecule has 1 saturated carbocycles. The van der Waals surface area contributed by atoms with Crippen molar-refractivity contribution < 1.29 is 0 Å². The molecular formula is C8H9N2. The highest BCUT2D eigenvalue weighted by Gasteiger charge is 2.24. The topological polar surface area (TPSA) is 25.8 Å². The van der Waals surface area contributed by atoms with E-state index >= 15 is 0 Å². The molecule has 0 bridgehead atoms. The van der Waals surface area contributed by atoms with E-state index in [0.29, 0.717) is 5.92 Å². The Morgan fingerprint density at radius 1 is 1.30 bits per heavy atom. The fraction of sp³-hybridized carbons (Fsp3) is 0.375. The molecule has 0 aliphatic heterocycles. The van der Waals surface area contributed by atoms with Gasteiger partial charge in [-0.05, 0) is 19.8 Å². The summed E-state index contributed by atoms with van der Waals surface area (Å²) in [5, 5.41) is 0. The van der Waals surface area contributed by atoms with Crippen LogP contribution in [0.25, 0.3) is 0 Å². The predicted octanol–water partition coefficient (Wildman–Crippen LogP) is 1.54. The molecule has 2 nitrogen and oxygen atoms in total. The molecule has 0 N–H and O–H groups in total. The maximum absolute atomic E-state index is 4.22. The lowest BCUT2D eigenvalue weighted by Crippen LogP contribution is -1.89. The van der Waals surface area contributed by atoms with Crippen molar-refractivity contribution in [2.75, 3.05) is 0 Å². The summed E-state index contributed by atoms with van der Waals surface area (Å²) in [6.45, 7) is 3.67. The second kappa shape index (κ2) is 2.04. The molecule has 1 fully saturated rings. The third-order valence-corrected chi connectivity index (χ3v) is 1.72. The molecular weight excluding hydrogens is 124 g/mol. The highest BCUT2D eigenvalue weighted by Crippen LogP contribution is 2.38. The molecule has 1 heterocycles. The molecule has 51 valence electrons. The van der Waals surface area contributed by atoms with Crippen LogP contribution < -0.4 is 0 Å². The molecule has 2 rings (SSSR count). The van der Waals surface area contributed by atoms with Crippen LogP contribution >= 0.6 is 0 Å². The van der Waals surface area contributed by atoms with Gasteiger partial charge in [0.05, 0.1) is 11.4 Å². The molecule has 2 heteroatoms. The Kier molecular flexibility index (Phi) is 1.19. The van der Waals surface area contributed by atoms with Gasteiger partial charge in [-0.15, -0.1) is 0 Å². The van der Waals surface area contributed by atoms with Crippen molar-refractivity contribution in [2.45, 2.75) is 18.8 Å². The summed E-state index contributed by atoms with van der Waals surface area (Å²) in [7, 11) is 0. The van der Waals surface area contributed by atoms with Gasteiger partial charge in [-0.1, -0.05) is 0 Å². The van der Waals surface area contributed by atoms with Gasteiger partial charge in [-0.2, -0.15) is 0 Å². The zero-order valence-corrected chi connectivity index (χ0v) is 5.75. The Morgan fingerprint density at radius 2 is 2.10 bits per heavy atom. The molecule has 0 saturated heterocycles. The molecule has 10 heavy (non-hydrogen) atoms. The first-order valence-corrected chi connectivity index (χ1v) is 3.50. The number of nitrogens with zero attached hydrogens (tertiary/aromatic N) is 2. The van der Waals surface area contributed by atoms with Crippen LogP contribution in [0.4, 0.5) is 0 Å². The fourth-order valence-corrected chi connectivity index (χ4v) is 0.955. The van der Waals surface area contributed by atoms with Gasteiger partial charge < -0.3 is 0 Å². The van der Waals surface area contributed by atoms with Gasteiger partial charge in [-0.3, -0.25) is 9.97 Å². The summed E-state index contributed by atoms with van der Waals surface area (Å²) in [4.78, 5) is 8.28. The lowest BCUT2D eigenvalue weighted by atomic mass is 10.3. The number of aromatic nitrogens is 2. The van der Waals surface area contributed by atoms with Crippen molar-refractivity contribution in [1.29, 1.82) is 0 Å². The van der Waals surface area contributed by atoms with Crippen LogP contribution in [0.15, 0.2) is 12.4 Å². The Hall–Kier alpha value is -0.920. The summed E-state index contributed by atoms with van der Waals surface area (Å²) in [5.74, 6) is 0.702. The lowest BCUT2D eigenvalue weighted by molar-refractivity contribution is 0.978. The van der Waals surface area contributed by atoms with Crippen molar-refractivity contribution in [2.24, 2.45) is 0 Å². The van der Waals surface area contributed by atoms with Crippen molar-refractivity contribution in [3.8, 4) is 0 Å². The first-order chi connectivity index (χ1) is 4.86. The van der Waals surface area contributed by atoms with Crippen LogP contribution in [0, 0.1) is 6.92 Å². The van der Waals surface area contributed by atoms with Gasteiger partial charge in [0.2, 0.25) is 0 Å². The van der Waals surface area contributed by atoms with Crippen LogP contribution in [-0.4, -0.2) is 9.97 Å². The minimum atomic E-state index is 0.702. The van der Waals surface area contributed by atoms with Gasteiger partial charge >= 0.3 is 0 Å². The molecule has 1 radical (unpaired) electrons. The van der Waals surface area contributed by atoms with Gasteiger partial charge in [0, 0.05) is 18.3 Å². The van der Waals surface area contributed by atoms with Gasteiger partial charge in [0.25, 0.3) is 0 Å². The van der Waals surface area contributed by atoms with Crippen molar-refractivity contribution in [3.05, 3.63) is 30.7 Å². The molecule has 1 aromatic heterocycles. The number of rotatable bonds is 1. The van der Waals surface area contributed by atoms with Crippen LogP contribution in [0.1, 0.15) is 30.1 Å². The number of hydrogen-bond acceptors (Lipinski definition) is 2. The van der Waals surface area contributed by atoms with E-state index in [1.807, 2.05) is 6.20 Å². The van der Waals surface area contributed by atoms with Crippen LogP contribution in [-0.2, 0) is 0 Å². The monoisotopic (exact) mass is 133 g/mol. The third kappa shape index (κ3) is 1.01. The van der Waals surface area contributed by atoms with E-state index in [-0.39, 0.29) is 0 Å². The molecule has 0 atom stereocenters. The summed E-state index contributed by atoms with van der Waals surface area (Å²) >= 11 is 0. The maximum atomic E-state index is 4.22. The molecule has 0 amide bonds. The smallest absolute Gasteiger partial charge is 0.0617 e. The van der Waals surface area contributed by atoms with Crippen molar-refractivity contribution >= 4 is 0 Å². The fourth-order valence-electron chi connectivity index (χ4n) is 0.955. The average Bonchev–Trinajstić information content (AvgIpc) is 2.71. The maximum Gasteiger partial charge on any atom is 0.0617 e. The second-order valence-corrected chi connectivity index (χ2v) is 2.71. The first-order valence-electron chi connectivity index (χ1n) is 3.50. The van der Waals surface area contributed by atoms with Crippen LogP contribution in [0.5, 0.6) is 0 Å². The van der Waals surface area contributed by atoms with E-state index in [0.717, 1.165) is 11.4 Å². The Bertz CT molecular complexity index is 224. The normalized spacial score (nSPS) is 17.3. The van der Waals surface area contributed by atoms with E-state index in [1.165, 1.54) is 12.8 Å². The standard InChI is InChI=1S/C8H9N2/c1-6-4-10-8(5-9-6)7-2-3-7/h4-5,7H,1-3H2. The van der Waals surface area contributed by atoms with E-state index < -0.39 is 0 Å². The molecule has 1 aliphatic rings. The van der Waals surface area contributed by atoms with Gasteiger partial charge in [0.1, 0.15) is 0 Å². The molecule has 0 unspecified atom stereocenters. The minimum absolute atomic E-state index is 0.702. The van der Waals surface area contributed by atoms with E-state index in [4.69, 9.17) is 0 Å². The predicted molar refractivity (Wildman–Crippen MR) is 38.5 cm³/mol. The van der Waals surface area contributed by atoms with Gasteiger partial charge in [-0.25, -0.2) is 0 Å². The van der Waals surface area contributed by atoms with Crippen molar-refractivity contribution in [3.63, 3.8) is 0 Å². The highest BCUT2D eigenvalue weighted by atomic mass is 14.8. The Balaban J connectivity index is 2.28. The minimum Gasteiger partial charge on any atom is -0.258 e. The lowest BCUT2D eigenvalue weighted by Gasteiger charge is -1.94. The molecule has 1 aliphatic carbocycles. The summed E-state index contributed by atoms with van der Waals surface area (Å²) in [5.41, 5.74) is 1.89. The van der Waals surface area contributed by atoms with Crippen LogP contribution in [0.2, 0.25) is 0 Å². The zero-order chi connectivity index (χ0) is 6.97. The second-order valence-electron chi connectivity index (χ2n) is 2.71. The Morgan fingerprint density at radius 3 is 2.60 bits per heavy atom. The highest BCUT2D eigenvalue weighted by molar-refractivity contribution is 5.13. The largest absolute Gasteiger partial charge is 0.258 e. The molecule has 0 spiro atoms. The molecule has 0 aromatic carbocycles. The Labute approximate surface area is 60.3 Å². The first kappa shape index (κ1) is 5.83. The summed E-state index contributed by atoms with van der Waals surface area (Å²) in [6.07, 6.45) is 6.13. The quantitative estimate of drug-likeness (QED) is 0.580.